The first-order valence-electron chi connectivity index (χ1n) is 24.3. The number of aryl methyl sites for hydroxylation is 4. The van der Waals surface area contributed by atoms with Gasteiger partial charge in [-0.2, -0.15) is 0 Å². The summed E-state index contributed by atoms with van der Waals surface area (Å²) in [4.78, 5) is 4.98. The molecule has 0 N–H and O–H groups in total. The predicted octanol–water partition coefficient (Wildman–Crippen LogP) is 19.5. The van der Waals surface area contributed by atoms with E-state index in [-0.39, 0.29) is 0 Å². The normalized spacial score (nSPS) is 11.4. The molecule has 0 aromatic heterocycles. The zero-order valence-electron chi connectivity index (χ0n) is 40.0. The summed E-state index contributed by atoms with van der Waals surface area (Å²) in [6, 6.07) is 89.3. The van der Waals surface area contributed by atoms with Gasteiger partial charge < -0.3 is 9.80 Å². The van der Waals surface area contributed by atoms with Gasteiger partial charge in [0.25, 0.3) is 0 Å². The van der Waals surface area contributed by atoms with Crippen molar-refractivity contribution in [3.05, 3.63) is 265 Å². The van der Waals surface area contributed by atoms with Crippen LogP contribution in [0.2, 0.25) is 0 Å². The molecule has 0 aliphatic rings. The Kier molecular flexibility index (Phi) is 10.8. The Balaban J connectivity index is 0.998. The lowest BCUT2D eigenvalue weighted by atomic mass is 9.93. The second kappa shape index (κ2) is 17.7. The van der Waals surface area contributed by atoms with Crippen molar-refractivity contribution < 1.29 is 0 Å². The Morgan fingerprint density at radius 1 is 0.243 bits per heavy atom. The minimum Gasteiger partial charge on any atom is -0.309 e. The van der Waals surface area contributed by atoms with E-state index in [1.54, 1.807) is 0 Å². The second-order valence-corrected chi connectivity index (χ2v) is 18.7. The number of anilines is 6. The van der Waals surface area contributed by atoms with Gasteiger partial charge in [0.05, 0.1) is 11.4 Å². The van der Waals surface area contributed by atoms with Crippen molar-refractivity contribution in [2.75, 3.05) is 9.80 Å². The fourth-order valence-corrected chi connectivity index (χ4v) is 10.8. The molecule has 0 amide bonds. The van der Waals surface area contributed by atoms with E-state index < -0.39 is 0 Å². The number of para-hydroxylation sites is 2. The third-order valence-electron chi connectivity index (χ3n) is 14.3. The number of hydrogen-bond acceptors (Lipinski definition) is 2. The molecular formula is C68H52N2. The molecule has 0 fully saturated rings. The molecule has 0 heterocycles. The van der Waals surface area contributed by atoms with E-state index in [1.807, 2.05) is 0 Å². The maximum atomic E-state index is 2.49. The van der Waals surface area contributed by atoms with Gasteiger partial charge in [-0.05, 0) is 164 Å². The molecule has 0 bridgehead atoms. The number of hydrogen-bond donors (Lipinski definition) is 0. The topological polar surface area (TPSA) is 6.48 Å². The molecule has 0 aliphatic carbocycles. The third kappa shape index (κ3) is 7.55. The van der Waals surface area contributed by atoms with Crippen LogP contribution in [0.4, 0.5) is 34.1 Å². The molecule has 12 aromatic rings. The molecule has 0 atom stereocenters. The highest BCUT2D eigenvalue weighted by molar-refractivity contribution is 6.05. The Morgan fingerprint density at radius 3 is 1.03 bits per heavy atom. The van der Waals surface area contributed by atoms with Crippen molar-refractivity contribution in [3.63, 3.8) is 0 Å². The van der Waals surface area contributed by atoms with Crippen molar-refractivity contribution in [1.29, 1.82) is 0 Å². The number of fused-ring (bicyclic) bond motifs is 4. The van der Waals surface area contributed by atoms with Gasteiger partial charge >= 0.3 is 0 Å². The van der Waals surface area contributed by atoms with Crippen LogP contribution in [0.15, 0.2) is 243 Å². The first-order valence-corrected chi connectivity index (χ1v) is 24.3. The fourth-order valence-electron chi connectivity index (χ4n) is 10.8. The van der Waals surface area contributed by atoms with Crippen LogP contribution in [0.1, 0.15) is 22.3 Å². The monoisotopic (exact) mass is 896 g/mol. The van der Waals surface area contributed by atoms with E-state index in [0.29, 0.717) is 0 Å². The van der Waals surface area contributed by atoms with Crippen molar-refractivity contribution in [1.82, 2.24) is 0 Å². The molecule has 0 saturated carbocycles. The van der Waals surface area contributed by atoms with Gasteiger partial charge in [-0.1, -0.05) is 194 Å². The summed E-state index contributed by atoms with van der Waals surface area (Å²) in [6.45, 7) is 9.02. The summed E-state index contributed by atoms with van der Waals surface area (Å²) in [5.41, 5.74) is 18.9. The smallest absolute Gasteiger partial charge is 0.0569 e. The van der Waals surface area contributed by atoms with E-state index in [0.717, 1.165) is 22.7 Å². The Morgan fingerprint density at radius 2 is 0.600 bits per heavy atom. The lowest BCUT2D eigenvalue weighted by Gasteiger charge is -2.32. The first kappa shape index (κ1) is 42.6. The van der Waals surface area contributed by atoms with Gasteiger partial charge in [0.1, 0.15) is 0 Å². The zero-order valence-corrected chi connectivity index (χ0v) is 40.0. The van der Waals surface area contributed by atoms with Crippen LogP contribution in [0.25, 0.3) is 76.5 Å². The molecule has 0 saturated heterocycles. The number of benzene rings is 12. The van der Waals surface area contributed by atoms with Gasteiger partial charge in [0.15, 0.2) is 0 Å². The van der Waals surface area contributed by atoms with Crippen molar-refractivity contribution in [3.8, 4) is 33.4 Å². The van der Waals surface area contributed by atoms with Gasteiger partial charge in [0, 0.05) is 33.9 Å². The molecule has 0 radical (unpaired) electrons. The molecule has 2 heteroatoms. The van der Waals surface area contributed by atoms with E-state index in [9.17, 15) is 0 Å². The molecule has 0 aliphatic heterocycles. The molecular weight excluding hydrogens is 845 g/mol. The van der Waals surface area contributed by atoms with Gasteiger partial charge in [-0.3, -0.25) is 0 Å². The lowest BCUT2D eigenvalue weighted by Crippen LogP contribution is -2.14. The average molecular weight is 897 g/mol. The van der Waals surface area contributed by atoms with E-state index in [1.165, 1.54) is 110 Å². The van der Waals surface area contributed by atoms with E-state index in [2.05, 4.69) is 280 Å². The standard InChI is InChI=1S/C68H52N2/c1-45-17-13-31-63(61-29-15-25-51-21-9-11-27-59(51)61)67(45)69(57-37-33-49-19-5-7-23-53(49)43-57)65-39-35-55(41-47(65)3)56-36-40-66(48(4)42-56)70(58-38-34-50-20-6-8-24-54(50)44-58)68-46(2)18-14-32-64(68)62-30-16-26-52-22-10-12-28-60(52)62/h5-44H,1-4H3. The summed E-state index contributed by atoms with van der Waals surface area (Å²) >= 11 is 0. The minimum absolute atomic E-state index is 1.12. The maximum Gasteiger partial charge on any atom is 0.0569 e. The quantitative estimate of drug-likeness (QED) is 0.142. The van der Waals surface area contributed by atoms with Crippen LogP contribution in [-0.4, -0.2) is 0 Å². The zero-order chi connectivity index (χ0) is 47.3. The van der Waals surface area contributed by atoms with Crippen LogP contribution < -0.4 is 9.80 Å². The average Bonchev–Trinajstić information content (AvgIpc) is 3.40. The SMILES string of the molecule is Cc1cc(-c2ccc(N(c3ccc4ccccc4c3)c3c(C)cccc3-c3cccc4ccccc34)c(C)c2)ccc1N(c1ccc2ccccc2c1)c1c(C)cccc1-c1cccc2ccccc12. The highest BCUT2D eigenvalue weighted by Crippen LogP contribution is 2.49. The van der Waals surface area contributed by atoms with Crippen LogP contribution in [0.3, 0.4) is 0 Å². The van der Waals surface area contributed by atoms with Crippen molar-refractivity contribution in [2.24, 2.45) is 0 Å². The molecule has 12 aromatic carbocycles. The van der Waals surface area contributed by atoms with Gasteiger partial charge in [0.2, 0.25) is 0 Å². The highest BCUT2D eigenvalue weighted by Gasteiger charge is 2.25. The summed E-state index contributed by atoms with van der Waals surface area (Å²) in [7, 11) is 0. The molecule has 0 spiro atoms. The minimum atomic E-state index is 1.12. The van der Waals surface area contributed by atoms with Crippen LogP contribution >= 0.6 is 0 Å². The molecule has 334 valence electrons. The van der Waals surface area contributed by atoms with E-state index >= 15 is 0 Å². The van der Waals surface area contributed by atoms with Crippen LogP contribution in [-0.2, 0) is 0 Å². The summed E-state index contributed by atoms with van der Waals surface area (Å²) < 4.78 is 0. The first-order chi connectivity index (χ1) is 34.4. The van der Waals surface area contributed by atoms with E-state index in [4.69, 9.17) is 0 Å². The lowest BCUT2D eigenvalue weighted by molar-refractivity contribution is 1.23. The van der Waals surface area contributed by atoms with Crippen molar-refractivity contribution in [2.45, 2.75) is 27.7 Å². The fraction of sp³-hybridized carbons (Fsp3) is 0.0588. The van der Waals surface area contributed by atoms with Crippen LogP contribution in [0.5, 0.6) is 0 Å². The largest absolute Gasteiger partial charge is 0.309 e. The predicted molar refractivity (Wildman–Crippen MR) is 301 cm³/mol. The van der Waals surface area contributed by atoms with Gasteiger partial charge in [-0.25, -0.2) is 0 Å². The summed E-state index contributed by atoms with van der Waals surface area (Å²) in [5.74, 6) is 0. The third-order valence-corrected chi connectivity index (χ3v) is 14.3. The molecule has 0 unspecified atom stereocenters. The molecule has 12 rings (SSSR count). The summed E-state index contributed by atoms with van der Waals surface area (Å²) in [5, 5.41) is 9.82. The van der Waals surface area contributed by atoms with Crippen molar-refractivity contribution >= 4 is 77.2 Å². The Bertz CT molecular complexity index is 3700. The maximum absolute atomic E-state index is 2.49. The number of nitrogens with zero attached hydrogens (tertiary/aromatic N) is 2. The molecule has 2 nitrogen and oxygen atoms in total. The molecule has 70 heavy (non-hydrogen) atoms. The summed E-state index contributed by atoms with van der Waals surface area (Å²) in [6.07, 6.45) is 0. The Hall–Kier alpha value is -8.72. The van der Waals surface area contributed by atoms with Gasteiger partial charge in [-0.15, -0.1) is 0 Å². The number of rotatable bonds is 9. The second-order valence-electron chi connectivity index (χ2n) is 18.7. The van der Waals surface area contributed by atoms with Crippen LogP contribution in [0, 0.1) is 27.7 Å². The Labute approximate surface area is 411 Å². The highest BCUT2D eigenvalue weighted by atomic mass is 15.2.